The van der Waals surface area contributed by atoms with Gasteiger partial charge in [0.25, 0.3) is 5.17 Å². The molecule has 0 spiro atoms. The molecule has 0 aliphatic carbocycles. The Balaban J connectivity index is 0. The molecule has 0 fully saturated rings. The van der Waals surface area contributed by atoms with Crippen LogP contribution >= 0.6 is 11.8 Å². The summed E-state index contributed by atoms with van der Waals surface area (Å²) in [6.07, 6.45) is 1.83. The van der Waals surface area contributed by atoms with E-state index in [1.807, 2.05) is 6.26 Å². The molecule has 7 heteroatoms. The largest absolute Gasteiger partial charge is 0.356 e. The molecule has 0 atom stereocenters. The molecule has 0 aromatic rings. The minimum Gasteiger partial charge on any atom is -0.356 e. The van der Waals surface area contributed by atoms with Crippen molar-refractivity contribution in [1.29, 1.82) is 0 Å². The first kappa shape index (κ1) is 10.9. The van der Waals surface area contributed by atoms with Crippen molar-refractivity contribution in [3.63, 3.8) is 0 Å². The molecule has 0 unspecified atom stereocenters. The summed E-state index contributed by atoms with van der Waals surface area (Å²) in [4.78, 5) is 8.25. The number of nitrogens with two attached hydrogens (primary N) is 2. The monoisotopic (exact) mass is 153 g/mol. The molecule has 0 bridgehead atoms. The highest BCUT2D eigenvalue weighted by molar-refractivity contribution is 8.12. The number of thioether (sulfide) groups is 1. The summed E-state index contributed by atoms with van der Waals surface area (Å²) in [6.45, 7) is 0. The second-order valence-electron chi connectivity index (χ2n) is 0.830. The van der Waals surface area contributed by atoms with Gasteiger partial charge in [-0.15, -0.1) is 0 Å². The van der Waals surface area contributed by atoms with Crippen molar-refractivity contribution in [2.24, 2.45) is 5.73 Å². The Kier molecular flexibility index (Phi) is 8.51. The molecule has 54 valence electrons. The van der Waals surface area contributed by atoms with Crippen molar-refractivity contribution >= 4 is 16.9 Å². The lowest BCUT2D eigenvalue weighted by Gasteiger charge is -1.74. The fourth-order valence-corrected chi connectivity index (χ4v) is 0. The molecule has 0 aromatic carbocycles. The van der Waals surface area contributed by atoms with Crippen LogP contribution in [-0.4, -0.2) is 16.5 Å². The zero-order valence-corrected chi connectivity index (χ0v) is 5.55. The van der Waals surface area contributed by atoms with Crippen LogP contribution in [0.4, 0.5) is 0 Å². The van der Waals surface area contributed by atoms with Gasteiger partial charge >= 0.3 is 0 Å². The third kappa shape index (κ3) is 170. The van der Waals surface area contributed by atoms with Gasteiger partial charge in [-0.2, -0.15) is 0 Å². The van der Waals surface area contributed by atoms with Gasteiger partial charge in [-0.05, 0) is 18.0 Å². The second-order valence-corrected chi connectivity index (χ2v) is 1.71. The maximum atomic E-state index is 8.25. The predicted octanol–water partition coefficient (Wildman–Crippen LogP) is -1.82. The van der Waals surface area contributed by atoms with Gasteiger partial charge in [-0.25, -0.2) is 0 Å². The summed E-state index contributed by atoms with van der Waals surface area (Å²) in [5, 5.41) is 20.1. The summed E-state index contributed by atoms with van der Waals surface area (Å²) in [5.74, 6) is 0. The first-order chi connectivity index (χ1) is 4.00. The van der Waals surface area contributed by atoms with Gasteiger partial charge in [0.15, 0.2) is 0 Å². The lowest BCUT2D eigenvalue weighted by Crippen LogP contribution is -2.42. The smallest absolute Gasteiger partial charge is 0.299 e. The third-order valence-electron chi connectivity index (χ3n) is 0.236. The Bertz CT molecular complexity index is 101. The van der Waals surface area contributed by atoms with Crippen LogP contribution in [0.15, 0.2) is 0 Å². The summed E-state index contributed by atoms with van der Waals surface area (Å²) in [5.41, 5.74) is 4.95. The highest BCUT2D eigenvalue weighted by Crippen LogP contribution is 1.79. The number of nitrogens with zero attached hydrogens (tertiary/aromatic N) is 1. The van der Waals surface area contributed by atoms with Gasteiger partial charge in [-0.3, -0.25) is 11.1 Å². The van der Waals surface area contributed by atoms with E-state index in [0.717, 1.165) is 0 Å². The normalized spacial score (nSPS) is 6.78. The van der Waals surface area contributed by atoms with Crippen molar-refractivity contribution in [3.05, 3.63) is 15.3 Å². The maximum absolute atomic E-state index is 8.25. The number of hydrogen-bond donors (Lipinski definition) is 2. The molecule has 0 aromatic heterocycles. The van der Waals surface area contributed by atoms with Crippen LogP contribution in [0.25, 0.3) is 0 Å². The SMILES string of the molecule is CSC(N)=[NH2+].O=[N+]([O-])[O-]. The second kappa shape index (κ2) is 7.02. The van der Waals surface area contributed by atoms with E-state index < -0.39 is 5.09 Å². The average Bonchev–Trinajstić information content (AvgIpc) is 1.65. The Morgan fingerprint density at radius 2 is 1.89 bits per heavy atom. The number of amidine groups is 1. The Morgan fingerprint density at radius 1 is 1.78 bits per heavy atom. The summed E-state index contributed by atoms with van der Waals surface area (Å²) in [6, 6.07) is 0. The molecule has 0 amide bonds. The van der Waals surface area contributed by atoms with E-state index in [2.05, 4.69) is 0 Å². The average molecular weight is 153 g/mol. The zero-order chi connectivity index (χ0) is 7.86. The lowest BCUT2D eigenvalue weighted by atomic mass is 11.4. The van der Waals surface area contributed by atoms with Gasteiger partial charge in [0, 0.05) is 0 Å². The van der Waals surface area contributed by atoms with E-state index in [1.54, 1.807) is 0 Å². The lowest BCUT2D eigenvalue weighted by molar-refractivity contribution is -0.402. The molecule has 0 heterocycles. The van der Waals surface area contributed by atoms with Gasteiger partial charge in [0.1, 0.15) is 0 Å². The van der Waals surface area contributed by atoms with Gasteiger partial charge < -0.3 is 15.3 Å². The molecule has 0 saturated heterocycles. The van der Waals surface area contributed by atoms with E-state index in [1.165, 1.54) is 11.8 Å². The molecule has 6 nitrogen and oxygen atoms in total. The molecule has 0 saturated carbocycles. The Hall–Kier alpha value is -0.980. The van der Waals surface area contributed by atoms with Crippen molar-refractivity contribution in [1.82, 2.24) is 0 Å². The highest BCUT2D eigenvalue weighted by atomic mass is 32.2. The minimum atomic E-state index is -1.75. The quantitative estimate of drug-likeness (QED) is 0.184. The molecule has 0 rings (SSSR count). The van der Waals surface area contributed by atoms with E-state index >= 15 is 0 Å². The van der Waals surface area contributed by atoms with Crippen LogP contribution in [0.1, 0.15) is 0 Å². The van der Waals surface area contributed by atoms with Gasteiger partial charge in [0.2, 0.25) is 0 Å². The molecule has 4 N–H and O–H groups in total. The molecule has 0 radical (unpaired) electrons. The maximum Gasteiger partial charge on any atom is 0.299 e. The Morgan fingerprint density at radius 3 is 1.89 bits per heavy atom. The van der Waals surface area contributed by atoms with Crippen LogP contribution in [0.2, 0.25) is 0 Å². The van der Waals surface area contributed by atoms with Crippen molar-refractivity contribution in [2.45, 2.75) is 0 Å². The summed E-state index contributed by atoms with van der Waals surface area (Å²) >= 11 is 1.35. The van der Waals surface area contributed by atoms with Gasteiger partial charge in [0.05, 0.1) is 5.09 Å². The highest BCUT2D eigenvalue weighted by Gasteiger charge is 1.80. The fourth-order valence-electron chi connectivity index (χ4n) is 0. The van der Waals surface area contributed by atoms with E-state index in [-0.39, 0.29) is 0 Å². The molecular formula is C2H7N3O3S. The Labute approximate surface area is 55.7 Å². The zero-order valence-electron chi connectivity index (χ0n) is 4.73. The summed E-state index contributed by atoms with van der Waals surface area (Å²) < 4.78 is 0. The van der Waals surface area contributed by atoms with Crippen LogP contribution in [0.5, 0.6) is 0 Å². The van der Waals surface area contributed by atoms with E-state index in [4.69, 9.17) is 26.5 Å². The number of rotatable bonds is 0. The van der Waals surface area contributed by atoms with E-state index in [9.17, 15) is 0 Å². The van der Waals surface area contributed by atoms with Crippen molar-refractivity contribution in [3.8, 4) is 0 Å². The van der Waals surface area contributed by atoms with Crippen LogP contribution in [-0.2, 0) is 0 Å². The topological polar surface area (TPSA) is 118 Å². The van der Waals surface area contributed by atoms with Crippen LogP contribution in [0.3, 0.4) is 0 Å². The standard InChI is InChI=1S/C2H6N2S.NO3/c1-5-2(3)4;2-1(3)4/h1H3,(H3,3,4);/q;-1/p+1. The minimum absolute atomic E-state index is 0.421. The van der Waals surface area contributed by atoms with Crippen LogP contribution < -0.4 is 11.1 Å². The van der Waals surface area contributed by atoms with Crippen LogP contribution in [0, 0.1) is 15.3 Å². The molecule has 9 heavy (non-hydrogen) atoms. The number of hydrogen-bond acceptors (Lipinski definition) is 4. The molecule has 0 aliphatic heterocycles. The molecule has 0 aliphatic rings. The first-order valence-electron chi connectivity index (χ1n) is 1.74. The van der Waals surface area contributed by atoms with Gasteiger partial charge in [-0.1, -0.05) is 0 Å². The predicted molar refractivity (Wildman–Crippen MR) is 35.0 cm³/mol. The first-order valence-corrected chi connectivity index (χ1v) is 2.96. The van der Waals surface area contributed by atoms with Crippen molar-refractivity contribution < 1.29 is 10.5 Å². The third-order valence-corrected chi connectivity index (χ3v) is 0.707. The van der Waals surface area contributed by atoms with E-state index in [0.29, 0.717) is 5.17 Å². The summed E-state index contributed by atoms with van der Waals surface area (Å²) in [7, 11) is 0. The van der Waals surface area contributed by atoms with Crippen molar-refractivity contribution in [2.75, 3.05) is 6.26 Å². The fraction of sp³-hybridized carbons (Fsp3) is 0.500. The molecular weight excluding hydrogens is 146 g/mol.